The van der Waals surface area contributed by atoms with Crippen LogP contribution < -0.4 is 5.32 Å². The van der Waals surface area contributed by atoms with Gasteiger partial charge in [-0.1, -0.05) is 23.9 Å². The Morgan fingerprint density at radius 1 is 1.36 bits per heavy atom. The molecular formula is C11H17NOS. The summed E-state index contributed by atoms with van der Waals surface area (Å²) in [6.45, 7) is 2.15. The van der Waals surface area contributed by atoms with Crippen LogP contribution in [0.1, 0.15) is 18.5 Å². The van der Waals surface area contributed by atoms with Crippen LogP contribution in [0.15, 0.2) is 29.2 Å². The second-order valence-corrected chi connectivity index (χ2v) is 4.13. The molecule has 0 spiro atoms. The number of methoxy groups -OCH3 is 1. The number of hydrogen-bond acceptors (Lipinski definition) is 3. The number of benzene rings is 1. The van der Waals surface area contributed by atoms with Crippen LogP contribution >= 0.6 is 11.8 Å². The molecule has 0 aliphatic carbocycles. The molecular weight excluding hydrogens is 194 g/mol. The Labute approximate surface area is 90.0 Å². The molecule has 0 saturated carbocycles. The molecule has 0 amide bonds. The van der Waals surface area contributed by atoms with Crippen LogP contribution in [0.4, 0.5) is 0 Å². The molecule has 0 saturated heterocycles. The van der Waals surface area contributed by atoms with Gasteiger partial charge in [-0.25, -0.2) is 0 Å². The maximum Gasteiger partial charge on any atom is 0.0963 e. The molecule has 1 aromatic rings. The van der Waals surface area contributed by atoms with Crippen molar-refractivity contribution in [1.29, 1.82) is 0 Å². The van der Waals surface area contributed by atoms with Gasteiger partial charge in [0.25, 0.3) is 0 Å². The van der Waals surface area contributed by atoms with E-state index >= 15 is 0 Å². The minimum atomic E-state index is 0.413. The molecule has 1 rings (SSSR count). The Balaban J connectivity index is 2.59. The molecule has 2 nitrogen and oxygen atoms in total. The van der Waals surface area contributed by atoms with Crippen LogP contribution in [0, 0.1) is 0 Å². The number of hydrogen-bond donors (Lipinski definition) is 1. The van der Waals surface area contributed by atoms with E-state index in [-0.39, 0.29) is 0 Å². The van der Waals surface area contributed by atoms with Gasteiger partial charge in [0, 0.05) is 18.0 Å². The van der Waals surface area contributed by atoms with Gasteiger partial charge in [-0.3, -0.25) is 0 Å². The van der Waals surface area contributed by atoms with E-state index in [0.29, 0.717) is 12.0 Å². The number of ether oxygens (including phenoxy) is 1. The molecule has 1 aromatic carbocycles. The summed E-state index contributed by atoms with van der Waals surface area (Å²) in [6, 6.07) is 8.98. The van der Waals surface area contributed by atoms with Gasteiger partial charge >= 0.3 is 0 Å². The van der Waals surface area contributed by atoms with E-state index in [4.69, 9.17) is 4.74 Å². The van der Waals surface area contributed by atoms with Crippen LogP contribution in [-0.4, -0.2) is 20.1 Å². The first-order valence-corrected chi connectivity index (χ1v) is 5.65. The second-order valence-electron chi connectivity index (χ2n) is 3.13. The van der Waals surface area contributed by atoms with Crippen molar-refractivity contribution in [3.05, 3.63) is 29.8 Å². The van der Waals surface area contributed by atoms with Crippen LogP contribution in [0.3, 0.4) is 0 Å². The van der Waals surface area contributed by atoms with Crippen molar-refractivity contribution in [3.8, 4) is 0 Å². The second kappa shape index (κ2) is 6.06. The van der Waals surface area contributed by atoms with Crippen LogP contribution in [-0.2, 0) is 4.74 Å². The minimum absolute atomic E-state index is 0.413. The normalized spacial score (nSPS) is 12.8. The molecule has 1 N–H and O–H groups in total. The zero-order valence-electron chi connectivity index (χ0n) is 8.91. The van der Waals surface area contributed by atoms with Crippen molar-refractivity contribution in [3.63, 3.8) is 0 Å². The average molecular weight is 211 g/mol. The number of nitrogens with one attached hydrogen (secondary N) is 1. The first-order valence-electron chi connectivity index (χ1n) is 4.67. The van der Waals surface area contributed by atoms with Crippen molar-refractivity contribution < 1.29 is 4.74 Å². The SMILES string of the molecule is CNC(C)c1ccc(SCOC)cc1. The van der Waals surface area contributed by atoms with Gasteiger partial charge in [0.1, 0.15) is 0 Å². The molecule has 0 aromatic heterocycles. The topological polar surface area (TPSA) is 21.3 Å². The summed E-state index contributed by atoms with van der Waals surface area (Å²) in [7, 11) is 3.68. The fourth-order valence-corrected chi connectivity index (χ4v) is 1.73. The lowest BCUT2D eigenvalue weighted by atomic mass is 10.1. The Morgan fingerprint density at radius 3 is 2.50 bits per heavy atom. The lowest BCUT2D eigenvalue weighted by Gasteiger charge is -2.10. The summed E-state index contributed by atoms with van der Waals surface area (Å²) in [5.74, 6) is 0.709. The van der Waals surface area contributed by atoms with Crippen molar-refractivity contribution in [2.45, 2.75) is 17.9 Å². The molecule has 0 fully saturated rings. The maximum absolute atomic E-state index is 5.00. The quantitative estimate of drug-likeness (QED) is 0.597. The third-order valence-corrected chi connectivity index (χ3v) is 3.12. The zero-order chi connectivity index (χ0) is 10.4. The number of rotatable bonds is 5. The van der Waals surface area contributed by atoms with Gasteiger partial charge in [-0.2, -0.15) is 0 Å². The monoisotopic (exact) mass is 211 g/mol. The van der Waals surface area contributed by atoms with E-state index in [9.17, 15) is 0 Å². The van der Waals surface area contributed by atoms with E-state index in [1.54, 1.807) is 18.9 Å². The summed E-state index contributed by atoms with van der Waals surface area (Å²) in [4.78, 5) is 1.25. The molecule has 0 heterocycles. The first-order chi connectivity index (χ1) is 6.77. The predicted octanol–water partition coefficient (Wildman–Crippen LogP) is 2.66. The smallest absolute Gasteiger partial charge is 0.0963 e. The summed E-state index contributed by atoms with van der Waals surface area (Å²) < 4.78 is 5.00. The standard InChI is InChI=1S/C11H17NOS/c1-9(12-2)10-4-6-11(7-5-10)14-8-13-3/h4-7,9,12H,8H2,1-3H3. The summed E-state index contributed by atoms with van der Waals surface area (Å²) in [6.07, 6.45) is 0. The van der Waals surface area contributed by atoms with E-state index in [2.05, 4.69) is 36.5 Å². The van der Waals surface area contributed by atoms with Gasteiger partial charge in [0.15, 0.2) is 0 Å². The molecule has 0 aliphatic heterocycles. The highest BCUT2D eigenvalue weighted by Crippen LogP contribution is 2.20. The Morgan fingerprint density at radius 2 is 2.00 bits per heavy atom. The van der Waals surface area contributed by atoms with E-state index < -0.39 is 0 Å². The predicted molar refractivity (Wildman–Crippen MR) is 61.6 cm³/mol. The van der Waals surface area contributed by atoms with Crippen molar-refractivity contribution in [1.82, 2.24) is 5.32 Å². The van der Waals surface area contributed by atoms with Gasteiger partial charge in [-0.15, -0.1) is 0 Å². The molecule has 0 aliphatic rings. The highest BCUT2D eigenvalue weighted by Gasteiger charge is 2.01. The van der Waals surface area contributed by atoms with E-state index in [1.807, 2.05) is 7.05 Å². The molecule has 0 radical (unpaired) electrons. The van der Waals surface area contributed by atoms with E-state index in [0.717, 1.165) is 0 Å². The fraction of sp³-hybridized carbons (Fsp3) is 0.455. The van der Waals surface area contributed by atoms with Crippen molar-refractivity contribution >= 4 is 11.8 Å². The summed E-state index contributed by atoms with van der Waals surface area (Å²) in [5, 5.41) is 3.21. The zero-order valence-corrected chi connectivity index (χ0v) is 9.73. The lowest BCUT2D eigenvalue weighted by Crippen LogP contribution is -2.11. The maximum atomic E-state index is 5.00. The molecule has 3 heteroatoms. The molecule has 1 unspecified atom stereocenters. The van der Waals surface area contributed by atoms with Gasteiger partial charge in [0.05, 0.1) is 5.94 Å². The van der Waals surface area contributed by atoms with Crippen LogP contribution in [0.5, 0.6) is 0 Å². The van der Waals surface area contributed by atoms with Crippen molar-refractivity contribution in [2.75, 3.05) is 20.1 Å². The Kier molecular flexibility index (Phi) is 5.01. The Hall–Kier alpha value is -0.510. The van der Waals surface area contributed by atoms with Crippen LogP contribution in [0.25, 0.3) is 0 Å². The third kappa shape index (κ3) is 3.33. The lowest BCUT2D eigenvalue weighted by molar-refractivity contribution is 0.259. The third-order valence-electron chi connectivity index (χ3n) is 2.16. The van der Waals surface area contributed by atoms with Gasteiger partial charge in [0.2, 0.25) is 0 Å². The largest absolute Gasteiger partial charge is 0.374 e. The van der Waals surface area contributed by atoms with Gasteiger partial charge < -0.3 is 10.1 Å². The highest BCUT2D eigenvalue weighted by atomic mass is 32.2. The highest BCUT2D eigenvalue weighted by molar-refractivity contribution is 7.99. The first kappa shape index (κ1) is 11.6. The van der Waals surface area contributed by atoms with Crippen molar-refractivity contribution in [2.24, 2.45) is 0 Å². The average Bonchev–Trinajstić information content (AvgIpc) is 2.26. The summed E-state index contributed by atoms with van der Waals surface area (Å²) in [5.41, 5.74) is 1.31. The molecule has 14 heavy (non-hydrogen) atoms. The van der Waals surface area contributed by atoms with Gasteiger partial charge in [-0.05, 0) is 31.7 Å². The molecule has 78 valence electrons. The number of thioether (sulfide) groups is 1. The molecule has 1 atom stereocenters. The Bertz CT molecular complexity index is 260. The minimum Gasteiger partial charge on any atom is -0.374 e. The van der Waals surface area contributed by atoms with Crippen LogP contribution in [0.2, 0.25) is 0 Å². The van der Waals surface area contributed by atoms with E-state index in [1.165, 1.54) is 10.5 Å². The summed E-state index contributed by atoms with van der Waals surface area (Å²) >= 11 is 1.71. The fourth-order valence-electron chi connectivity index (χ4n) is 1.15. The molecule has 0 bridgehead atoms.